The minimum Gasteiger partial charge on any atom is -0.490 e. The topological polar surface area (TPSA) is 86.8 Å². The van der Waals surface area contributed by atoms with Crippen molar-refractivity contribution in [2.24, 2.45) is 0 Å². The number of carbonyl (C=O) groups excluding carboxylic acids is 2. The maximum atomic E-state index is 12.4. The van der Waals surface area contributed by atoms with E-state index in [1.165, 1.54) is 7.11 Å². The third kappa shape index (κ3) is 6.80. The van der Waals surface area contributed by atoms with Crippen LogP contribution < -0.4 is 14.8 Å². The van der Waals surface area contributed by atoms with Gasteiger partial charge in [0.15, 0.2) is 0 Å². The number of amides is 1. The third-order valence-electron chi connectivity index (χ3n) is 5.03. The standard InChI is InChI=1S/C26H28N2O5/c1-4-19(5-2)32-20-11-13-21(14-12-20)33-25-15-10-18(17-27-25)16-24(29)28-23-9-7-6-8-22(23)26(30)31-3/h6-15,17,19H,4-5,16H2,1-3H3,(H,28,29). The fourth-order valence-corrected chi connectivity index (χ4v) is 3.19. The van der Waals surface area contributed by atoms with E-state index in [1.807, 2.05) is 24.3 Å². The van der Waals surface area contributed by atoms with E-state index in [9.17, 15) is 9.59 Å². The summed E-state index contributed by atoms with van der Waals surface area (Å²) < 4.78 is 16.4. The Morgan fingerprint density at radius 2 is 1.64 bits per heavy atom. The minimum absolute atomic E-state index is 0.102. The molecule has 0 aliphatic heterocycles. The van der Waals surface area contributed by atoms with E-state index in [-0.39, 0.29) is 18.4 Å². The molecule has 1 heterocycles. The first kappa shape index (κ1) is 23.8. The van der Waals surface area contributed by atoms with Gasteiger partial charge in [0, 0.05) is 12.3 Å². The Hall–Kier alpha value is -3.87. The SMILES string of the molecule is CCC(CC)Oc1ccc(Oc2ccc(CC(=O)Nc3ccccc3C(=O)OC)cn2)cc1. The van der Waals surface area contributed by atoms with Crippen molar-refractivity contribution in [1.29, 1.82) is 0 Å². The van der Waals surface area contributed by atoms with Gasteiger partial charge in [0.25, 0.3) is 0 Å². The van der Waals surface area contributed by atoms with Gasteiger partial charge in [0.2, 0.25) is 11.8 Å². The van der Waals surface area contributed by atoms with Gasteiger partial charge in [-0.15, -0.1) is 0 Å². The predicted molar refractivity (Wildman–Crippen MR) is 126 cm³/mol. The Morgan fingerprint density at radius 1 is 0.939 bits per heavy atom. The van der Waals surface area contributed by atoms with Crippen molar-refractivity contribution < 1.29 is 23.8 Å². The van der Waals surface area contributed by atoms with Gasteiger partial charge in [-0.2, -0.15) is 0 Å². The molecular weight excluding hydrogens is 420 g/mol. The molecule has 0 saturated heterocycles. The summed E-state index contributed by atoms with van der Waals surface area (Å²) in [6.07, 6.45) is 3.82. The number of ether oxygens (including phenoxy) is 3. The highest BCUT2D eigenvalue weighted by Gasteiger charge is 2.14. The molecule has 0 radical (unpaired) electrons. The number of hydrogen-bond donors (Lipinski definition) is 1. The number of pyridine rings is 1. The first-order valence-electron chi connectivity index (χ1n) is 10.9. The zero-order valence-electron chi connectivity index (χ0n) is 19.0. The molecule has 0 atom stereocenters. The summed E-state index contributed by atoms with van der Waals surface area (Å²) in [6, 6.07) is 17.6. The van der Waals surface area contributed by atoms with Crippen molar-refractivity contribution in [1.82, 2.24) is 4.98 Å². The van der Waals surface area contributed by atoms with Crippen molar-refractivity contribution in [3.8, 4) is 17.4 Å². The van der Waals surface area contributed by atoms with Crippen LogP contribution in [0.2, 0.25) is 0 Å². The molecule has 0 unspecified atom stereocenters. The van der Waals surface area contributed by atoms with Gasteiger partial charge in [-0.3, -0.25) is 4.79 Å². The first-order valence-corrected chi connectivity index (χ1v) is 10.9. The molecule has 33 heavy (non-hydrogen) atoms. The molecule has 0 fully saturated rings. The van der Waals surface area contributed by atoms with Crippen molar-refractivity contribution >= 4 is 17.6 Å². The van der Waals surface area contributed by atoms with Gasteiger partial charge in [0.1, 0.15) is 11.5 Å². The molecule has 0 aliphatic carbocycles. The number of methoxy groups -OCH3 is 1. The number of carbonyl (C=O) groups is 2. The Morgan fingerprint density at radius 3 is 2.27 bits per heavy atom. The first-order chi connectivity index (χ1) is 16.0. The summed E-state index contributed by atoms with van der Waals surface area (Å²) in [6.45, 7) is 4.21. The Balaban J connectivity index is 1.56. The average molecular weight is 449 g/mol. The van der Waals surface area contributed by atoms with Crippen LogP contribution in [-0.4, -0.2) is 30.1 Å². The Bertz CT molecular complexity index is 1060. The molecule has 7 nitrogen and oxygen atoms in total. The second-order valence-corrected chi connectivity index (χ2v) is 7.40. The van der Waals surface area contributed by atoms with E-state index in [4.69, 9.17) is 14.2 Å². The Labute approximate surface area is 193 Å². The van der Waals surface area contributed by atoms with Gasteiger partial charge < -0.3 is 19.5 Å². The van der Waals surface area contributed by atoms with E-state index in [0.717, 1.165) is 18.6 Å². The van der Waals surface area contributed by atoms with E-state index >= 15 is 0 Å². The fraction of sp³-hybridized carbons (Fsp3) is 0.269. The van der Waals surface area contributed by atoms with Crippen molar-refractivity contribution in [2.75, 3.05) is 12.4 Å². The number of benzene rings is 2. The maximum absolute atomic E-state index is 12.4. The zero-order chi connectivity index (χ0) is 23.6. The van der Waals surface area contributed by atoms with E-state index in [2.05, 4.69) is 24.1 Å². The molecule has 3 rings (SSSR count). The summed E-state index contributed by atoms with van der Waals surface area (Å²) in [7, 11) is 1.30. The van der Waals surface area contributed by atoms with Crippen molar-refractivity contribution in [3.05, 3.63) is 78.0 Å². The highest BCUT2D eigenvalue weighted by molar-refractivity contribution is 6.01. The Kier molecular flexibility index (Phi) is 8.41. The average Bonchev–Trinajstić information content (AvgIpc) is 2.84. The highest BCUT2D eigenvalue weighted by Crippen LogP contribution is 2.24. The number of nitrogens with one attached hydrogen (secondary N) is 1. The number of nitrogens with zero attached hydrogens (tertiary/aromatic N) is 1. The summed E-state index contributed by atoms with van der Waals surface area (Å²) in [5.41, 5.74) is 1.41. The summed E-state index contributed by atoms with van der Waals surface area (Å²) in [5, 5.41) is 2.75. The van der Waals surface area contributed by atoms with Gasteiger partial charge >= 0.3 is 5.97 Å². The van der Waals surface area contributed by atoms with Crippen LogP contribution >= 0.6 is 0 Å². The largest absolute Gasteiger partial charge is 0.490 e. The van der Waals surface area contributed by atoms with Gasteiger partial charge in [-0.25, -0.2) is 9.78 Å². The van der Waals surface area contributed by atoms with Gasteiger partial charge in [0.05, 0.1) is 30.9 Å². The second-order valence-electron chi connectivity index (χ2n) is 7.40. The van der Waals surface area contributed by atoms with E-state index in [1.54, 1.807) is 42.6 Å². The monoisotopic (exact) mass is 448 g/mol. The predicted octanol–water partition coefficient (Wildman–Crippen LogP) is 5.41. The van der Waals surface area contributed by atoms with Gasteiger partial charge in [-0.05, 0) is 54.8 Å². The number of para-hydroxylation sites is 1. The normalized spacial score (nSPS) is 10.5. The summed E-state index contributed by atoms with van der Waals surface area (Å²) in [4.78, 5) is 28.6. The molecule has 0 spiro atoms. The smallest absolute Gasteiger partial charge is 0.339 e. The molecule has 1 aromatic heterocycles. The lowest BCUT2D eigenvalue weighted by Gasteiger charge is -2.15. The maximum Gasteiger partial charge on any atom is 0.339 e. The van der Waals surface area contributed by atoms with Crippen LogP contribution in [0.15, 0.2) is 66.9 Å². The molecule has 1 N–H and O–H groups in total. The molecule has 0 bridgehead atoms. The van der Waals surface area contributed by atoms with Crippen LogP contribution in [0.4, 0.5) is 5.69 Å². The molecule has 172 valence electrons. The van der Waals surface area contributed by atoms with E-state index in [0.29, 0.717) is 28.4 Å². The van der Waals surface area contributed by atoms with Crippen LogP contribution in [0.5, 0.6) is 17.4 Å². The number of aromatic nitrogens is 1. The fourth-order valence-electron chi connectivity index (χ4n) is 3.19. The number of rotatable bonds is 10. The quantitative estimate of drug-likeness (QED) is 0.418. The number of esters is 1. The minimum atomic E-state index is -0.510. The zero-order valence-corrected chi connectivity index (χ0v) is 19.0. The molecule has 3 aromatic rings. The number of hydrogen-bond acceptors (Lipinski definition) is 6. The molecule has 1 amide bonds. The van der Waals surface area contributed by atoms with Crippen molar-refractivity contribution in [2.45, 2.75) is 39.2 Å². The van der Waals surface area contributed by atoms with Crippen LogP contribution in [0.3, 0.4) is 0 Å². The lowest BCUT2D eigenvalue weighted by atomic mass is 10.1. The lowest BCUT2D eigenvalue weighted by molar-refractivity contribution is -0.115. The van der Waals surface area contributed by atoms with Crippen LogP contribution in [0, 0.1) is 0 Å². The van der Waals surface area contributed by atoms with Gasteiger partial charge in [-0.1, -0.05) is 32.0 Å². The molecule has 0 saturated carbocycles. The van der Waals surface area contributed by atoms with Crippen LogP contribution in [0.25, 0.3) is 0 Å². The molecular formula is C26H28N2O5. The molecule has 7 heteroatoms. The molecule has 0 aliphatic rings. The van der Waals surface area contributed by atoms with Crippen molar-refractivity contribution in [3.63, 3.8) is 0 Å². The van der Waals surface area contributed by atoms with Crippen LogP contribution in [0.1, 0.15) is 42.6 Å². The van der Waals surface area contributed by atoms with E-state index < -0.39 is 5.97 Å². The molecule has 2 aromatic carbocycles. The lowest BCUT2D eigenvalue weighted by Crippen LogP contribution is -2.17. The van der Waals surface area contributed by atoms with Crippen LogP contribution in [-0.2, 0) is 16.0 Å². The second kappa shape index (κ2) is 11.7. The summed E-state index contributed by atoms with van der Waals surface area (Å²) >= 11 is 0. The summed E-state index contributed by atoms with van der Waals surface area (Å²) in [5.74, 6) is 1.09. The number of anilines is 1. The highest BCUT2D eigenvalue weighted by atomic mass is 16.5. The third-order valence-corrected chi connectivity index (χ3v) is 5.03.